The van der Waals surface area contributed by atoms with Gasteiger partial charge in [0.05, 0.1) is 5.16 Å². The predicted octanol–water partition coefficient (Wildman–Crippen LogP) is 3.64. The molecule has 0 spiro atoms. The van der Waals surface area contributed by atoms with E-state index in [-0.39, 0.29) is 11.8 Å². The molecular formula is C14H23O3P. The van der Waals surface area contributed by atoms with Crippen LogP contribution in [0.4, 0.5) is 0 Å². The van der Waals surface area contributed by atoms with Crippen LogP contribution in [-0.2, 0) is 4.57 Å². The van der Waals surface area contributed by atoms with Crippen molar-refractivity contribution in [1.29, 1.82) is 0 Å². The van der Waals surface area contributed by atoms with Crippen LogP contribution < -0.4 is 0 Å². The zero-order chi connectivity index (χ0) is 13.2. The average molecular weight is 270 g/mol. The highest BCUT2D eigenvalue weighted by Gasteiger charge is 2.52. The van der Waals surface area contributed by atoms with E-state index >= 15 is 0 Å². The summed E-state index contributed by atoms with van der Waals surface area (Å²) in [5.74, 6) is 0.222. The zero-order valence-electron chi connectivity index (χ0n) is 11.0. The highest BCUT2D eigenvalue weighted by Crippen LogP contribution is 2.62. The fourth-order valence-electron chi connectivity index (χ4n) is 3.46. The van der Waals surface area contributed by atoms with Crippen molar-refractivity contribution in [3.8, 4) is 0 Å². The second kappa shape index (κ2) is 5.32. The molecule has 0 aliphatic heterocycles. The lowest BCUT2D eigenvalue weighted by Crippen LogP contribution is -2.43. The van der Waals surface area contributed by atoms with E-state index in [0.29, 0.717) is 0 Å². The van der Waals surface area contributed by atoms with Crippen molar-refractivity contribution in [2.24, 2.45) is 11.8 Å². The minimum atomic E-state index is -4.09. The van der Waals surface area contributed by atoms with Gasteiger partial charge in [0.25, 0.3) is 0 Å². The Kier molecular flexibility index (Phi) is 4.15. The summed E-state index contributed by atoms with van der Waals surface area (Å²) >= 11 is 0. The predicted molar refractivity (Wildman–Crippen MR) is 73.4 cm³/mol. The summed E-state index contributed by atoms with van der Waals surface area (Å²) in [5.41, 5.74) is 0. The quantitative estimate of drug-likeness (QED) is 0.608. The van der Waals surface area contributed by atoms with E-state index in [2.05, 4.69) is 24.3 Å². The molecule has 0 aromatic carbocycles. The molecule has 0 bridgehead atoms. The summed E-state index contributed by atoms with van der Waals surface area (Å²) in [6.45, 7) is 1.82. The van der Waals surface area contributed by atoms with Crippen molar-refractivity contribution < 1.29 is 14.4 Å². The first-order valence-corrected chi connectivity index (χ1v) is 8.43. The van der Waals surface area contributed by atoms with Gasteiger partial charge in [-0.15, -0.1) is 0 Å². The average Bonchev–Trinajstić information content (AvgIpc) is 2.38. The fourth-order valence-corrected chi connectivity index (χ4v) is 4.88. The van der Waals surface area contributed by atoms with E-state index in [1.54, 1.807) is 0 Å². The first-order chi connectivity index (χ1) is 8.46. The van der Waals surface area contributed by atoms with Crippen molar-refractivity contribution >= 4 is 7.60 Å². The van der Waals surface area contributed by atoms with Gasteiger partial charge in [-0.3, -0.25) is 4.57 Å². The minimum absolute atomic E-state index is 0.111. The molecule has 2 atom stereocenters. The van der Waals surface area contributed by atoms with Gasteiger partial charge in [-0.2, -0.15) is 0 Å². The first-order valence-electron chi connectivity index (χ1n) is 6.82. The largest absolute Gasteiger partial charge is 0.331 e. The van der Waals surface area contributed by atoms with Gasteiger partial charge in [0.1, 0.15) is 0 Å². The maximum Gasteiger partial charge on any atom is 0.331 e. The first kappa shape index (κ1) is 14.0. The Balaban J connectivity index is 2.30. The summed E-state index contributed by atoms with van der Waals surface area (Å²) in [6.07, 6.45) is 13.7. The smallest absolute Gasteiger partial charge is 0.324 e. The Bertz CT molecular complexity index is 370. The van der Waals surface area contributed by atoms with E-state index in [9.17, 15) is 14.4 Å². The molecule has 2 rings (SSSR count). The van der Waals surface area contributed by atoms with Crippen molar-refractivity contribution in [3.63, 3.8) is 0 Å². The van der Waals surface area contributed by atoms with Crippen molar-refractivity contribution in [3.05, 3.63) is 24.3 Å². The SMILES string of the molecule is CC(C1CC=CCC1)(C1CC=CCC1)P(=O)(O)O. The molecule has 0 amide bonds. The molecule has 2 unspecified atom stereocenters. The van der Waals surface area contributed by atoms with E-state index in [1.807, 2.05) is 6.92 Å². The number of hydrogen-bond acceptors (Lipinski definition) is 1. The third kappa shape index (κ3) is 2.49. The Morgan fingerprint density at radius 3 is 1.72 bits per heavy atom. The Morgan fingerprint density at radius 2 is 1.44 bits per heavy atom. The Morgan fingerprint density at radius 1 is 1.00 bits per heavy atom. The summed E-state index contributed by atoms with van der Waals surface area (Å²) in [4.78, 5) is 19.8. The summed E-state index contributed by atoms with van der Waals surface area (Å²) in [6, 6.07) is 0. The topological polar surface area (TPSA) is 57.5 Å². The Labute approximate surface area is 109 Å². The number of rotatable bonds is 3. The zero-order valence-corrected chi connectivity index (χ0v) is 11.9. The standard InChI is InChI=1S/C14H23O3P/c1-14(18(15,16)17,12-8-4-2-5-9-12)13-10-6-3-7-11-13/h2-4,6,12-13H,5,7-11H2,1H3,(H2,15,16,17). The fraction of sp³-hybridized carbons (Fsp3) is 0.714. The number of allylic oxidation sites excluding steroid dienone is 4. The highest BCUT2D eigenvalue weighted by atomic mass is 31.2. The molecule has 0 saturated heterocycles. The third-order valence-corrected chi connectivity index (χ3v) is 6.80. The molecule has 0 fully saturated rings. The maximum atomic E-state index is 12.1. The van der Waals surface area contributed by atoms with Gasteiger partial charge in [-0.1, -0.05) is 24.3 Å². The molecule has 2 N–H and O–H groups in total. The van der Waals surface area contributed by atoms with Crippen molar-refractivity contribution in [1.82, 2.24) is 0 Å². The molecule has 4 heteroatoms. The van der Waals surface area contributed by atoms with Gasteiger partial charge in [0.2, 0.25) is 0 Å². The molecule has 0 saturated carbocycles. The summed E-state index contributed by atoms with van der Waals surface area (Å²) in [5, 5.41) is -0.859. The van der Waals surface area contributed by atoms with E-state index < -0.39 is 12.8 Å². The van der Waals surface area contributed by atoms with Gasteiger partial charge in [0, 0.05) is 0 Å². The van der Waals surface area contributed by atoms with E-state index in [1.165, 1.54) is 0 Å². The van der Waals surface area contributed by atoms with Crippen LogP contribution in [0.15, 0.2) is 24.3 Å². The molecule has 0 aromatic heterocycles. The van der Waals surface area contributed by atoms with Crippen LogP contribution in [0.1, 0.15) is 45.4 Å². The van der Waals surface area contributed by atoms with Crippen LogP contribution in [0.5, 0.6) is 0 Å². The molecule has 0 aromatic rings. The van der Waals surface area contributed by atoms with Gasteiger partial charge in [0.15, 0.2) is 0 Å². The van der Waals surface area contributed by atoms with Crippen LogP contribution in [0.3, 0.4) is 0 Å². The molecule has 102 valence electrons. The van der Waals surface area contributed by atoms with E-state index in [4.69, 9.17) is 0 Å². The normalized spacial score (nSPS) is 32.2. The molecular weight excluding hydrogens is 247 g/mol. The van der Waals surface area contributed by atoms with Crippen LogP contribution in [0.2, 0.25) is 0 Å². The van der Waals surface area contributed by atoms with E-state index in [0.717, 1.165) is 38.5 Å². The maximum absolute atomic E-state index is 12.1. The lowest BCUT2D eigenvalue weighted by atomic mass is 9.72. The summed E-state index contributed by atoms with van der Waals surface area (Å²) in [7, 11) is -4.09. The molecule has 2 aliphatic carbocycles. The minimum Gasteiger partial charge on any atom is -0.324 e. The second-order valence-corrected chi connectivity index (χ2v) is 7.78. The van der Waals surface area contributed by atoms with Crippen LogP contribution in [-0.4, -0.2) is 14.9 Å². The van der Waals surface area contributed by atoms with Gasteiger partial charge in [-0.05, 0) is 57.3 Å². The van der Waals surface area contributed by atoms with Crippen LogP contribution >= 0.6 is 7.60 Å². The van der Waals surface area contributed by atoms with Crippen molar-refractivity contribution in [2.75, 3.05) is 0 Å². The van der Waals surface area contributed by atoms with Gasteiger partial charge < -0.3 is 9.79 Å². The van der Waals surface area contributed by atoms with Crippen LogP contribution in [0, 0.1) is 11.8 Å². The number of hydrogen-bond donors (Lipinski definition) is 2. The van der Waals surface area contributed by atoms with Gasteiger partial charge >= 0.3 is 7.60 Å². The molecule has 2 aliphatic rings. The lowest BCUT2D eigenvalue weighted by Gasteiger charge is -2.45. The lowest BCUT2D eigenvalue weighted by molar-refractivity contribution is 0.194. The van der Waals surface area contributed by atoms with Crippen molar-refractivity contribution in [2.45, 2.75) is 50.6 Å². The summed E-state index contributed by atoms with van der Waals surface area (Å²) < 4.78 is 12.1. The van der Waals surface area contributed by atoms with Crippen LogP contribution in [0.25, 0.3) is 0 Å². The van der Waals surface area contributed by atoms with Gasteiger partial charge in [-0.25, -0.2) is 0 Å². The monoisotopic (exact) mass is 270 g/mol. The molecule has 0 heterocycles. The molecule has 3 nitrogen and oxygen atoms in total. The third-order valence-electron chi connectivity index (χ3n) is 4.82. The highest BCUT2D eigenvalue weighted by molar-refractivity contribution is 7.53. The molecule has 18 heavy (non-hydrogen) atoms. The molecule has 0 radical (unpaired) electrons. The second-order valence-electron chi connectivity index (χ2n) is 5.73. The Hall–Kier alpha value is -0.370.